The second kappa shape index (κ2) is 7.93. The number of fused-ring (bicyclic) bond motifs is 1. The first-order valence-electron chi connectivity index (χ1n) is 10.4. The highest BCUT2D eigenvalue weighted by Gasteiger charge is 2.43. The Balaban J connectivity index is 1.27. The van der Waals surface area contributed by atoms with Crippen LogP contribution in [0.15, 0.2) is 23.2 Å². The van der Waals surface area contributed by atoms with Gasteiger partial charge >= 0.3 is 6.18 Å². The third kappa shape index (κ3) is 4.29. The second-order valence-corrected chi connectivity index (χ2v) is 8.42. The summed E-state index contributed by atoms with van der Waals surface area (Å²) in [5.74, 6) is -0.688. The summed E-state index contributed by atoms with van der Waals surface area (Å²) in [4.78, 5) is 6.80. The lowest BCUT2D eigenvalue weighted by Crippen LogP contribution is -2.51. The van der Waals surface area contributed by atoms with E-state index in [0.29, 0.717) is 25.1 Å². The molecule has 1 heterocycles. The van der Waals surface area contributed by atoms with Crippen LogP contribution in [0.25, 0.3) is 0 Å². The summed E-state index contributed by atoms with van der Waals surface area (Å²) in [7, 11) is 0. The van der Waals surface area contributed by atoms with E-state index in [1.54, 1.807) is 0 Å². The molecule has 1 aromatic carbocycles. The molecular formula is C21H29F3N4. The number of anilines is 1. The van der Waals surface area contributed by atoms with Crippen LogP contribution in [0, 0.1) is 5.92 Å². The summed E-state index contributed by atoms with van der Waals surface area (Å²) in [6.45, 7) is 1.07. The van der Waals surface area contributed by atoms with Crippen LogP contribution >= 0.6 is 0 Å². The smallest absolute Gasteiger partial charge is 0.370 e. The lowest BCUT2D eigenvalue weighted by atomic mass is 9.83. The molecule has 1 saturated heterocycles. The van der Waals surface area contributed by atoms with E-state index in [-0.39, 0.29) is 18.9 Å². The molecule has 1 aliphatic heterocycles. The fourth-order valence-electron chi connectivity index (χ4n) is 4.82. The van der Waals surface area contributed by atoms with Gasteiger partial charge in [-0.3, -0.25) is 0 Å². The van der Waals surface area contributed by atoms with Gasteiger partial charge in [-0.2, -0.15) is 13.2 Å². The quantitative estimate of drug-likeness (QED) is 0.600. The molecule has 4 rings (SSSR count). The normalized spacial score (nSPS) is 27.2. The number of hydrogen-bond donors (Lipinski definition) is 2. The van der Waals surface area contributed by atoms with E-state index in [1.807, 2.05) is 0 Å². The number of aryl methyl sites for hydroxylation is 1. The van der Waals surface area contributed by atoms with Crippen molar-refractivity contribution in [2.45, 2.75) is 69.6 Å². The molecule has 154 valence electrons. The van der Waals surface area contributed by atoms with E-state index in [2.05, 4.69) is 33.4 Å². The average molecular weight is 394 g/mol. The van der Waals surface area contributed by atoms with Crippen LogP contribution in [0.1, 0.15) is 49.7 Å². The van der Waals surface area contributed by atoms with Crippen molar-refractivity contribution in [3.05, 3.63) is 29.3 Å². The predicted molar refractivity (Wildman–Crippen MR) is 105 cm³/mol. The summed E-state index contributed by atoms with van der Waals surface area (Å²) in [5.41, 5.74) is 9.95. The first kappa shape index (κ1) is 19.6. The predicted octanol–water partition coefficient (Wildman–Crippen LogP) is 4.10. The minimum Gasteiger partial charge on any atom is -0.370 e. The van der Waals surface area contributed by atoms with Crippen molar-refractivity contribution in [1.82, 2.24) is 4.90 Å². The molecule has 3 N–H and O–H groups in total. The third-order valence-corrected chi connectivity index (χ3v) is 6.58. The third-order valence-electron chi connectivity index (χ3n) is 6.58. The molecule has 2 fully saturated rings. The number of hydrogen-bond acceptors (Lipinski definition) is 2. The molecule has 28 heavy (non-hydrogen) atoms. The SMILES string of the molecule is NC(=NC1CC(N2CCC(C(F)(F)F)CC2)C1)Nc1cccc2c1CCCC2. The van der Waals surface area contributed by atoms with Crippen LogP contribution in [-0.4, -0.2) is 42.2 Å². The van der Waals surface area contributed by atoms with Gasteiger partial charge in [0.15, 0.2) is 5.96 Å². The topological polar surface area (TPSA) is 53.6 Å². The van der Waals surface area contributed by atoms with Gasteiger partial charge in [-0.1, -0.05) is 12.1 Å². The monoisotopic (exact) mass is 394 g/mol. The summed E-state index contributed by atoms with van der Waals surface area (Å²) >= 11 is 0. The molecule has 1 aromatic rings. The standard InChI is InChI=1S/C21H29F3N4/c22-21(23,24)15-8-10-28(11-9-15)17-12-16(13-17)26-20(25)27-19-7-3-5-14-4-1-2-6-18(14)19/h3,5,7,15-17H,1-2,4,6,8-13H2,(H3,25,26,27). The zero-order valence-corrected chi connectivity index (χ0v) is 16.1. The van der Waals surface area contributed by atoms with E-state index in [4.69, 9.17) is 5.73 Å². The van der Waals surface area contributed by atoms with E-state index < -0.39 is 12.1 Å². The van der Waals surface area contributed by atoms with Crippen LogP contribution in [0.3, 0.4) is 0 Å². The summed E-state index contributed by atoms with van der Waals surface area (Å²) in [6.07, 6.45) is 2.80. The van der Waals surface area contributed by atoms with Crippen LogP contribution in [0.5, 0.6) is 0 Å². The molecule has 1 saturated carbocycles. The van der Waals surface area contributed by atoms with Gasteiger partial charge in [0.25, 0.3) is 0 Å². The van der Waals surface area contributed by atoms with Gasteiger partial charge in [-0.25, -0.2) is 4.99 Å². The molecule has 0 unspecified atom stereocenters. The van der Waals surface area contributed by atoms with Crippen LogP contribution < -0.4 is 11.1 Å². The molecule has 0 spiro atoms. The van der Waals surface area contributed by atoms with E-state index in [1.165, 1.54) is 24.0 Å². The van der Waals surface area contributed by atoms with Crippen molar-refractivity contribution < 1.29 is 13.2 Å². The van der Waals surface area contributed by atoms with Gasteiger partial charge < -0.3 is 16.0 Å². The molecular weight excluding hydrogens is 365 g/mol. The number of rotatable bonds is 3. The Morgan fingerprint density at radius 3 is 2.54 bits per heavy atom. The molecule has 0 aromatic heterocycles. The lowest BCUT2D eigenvalue weighted by molar-refractivity contribution is -0.187. The molecule has 0 radical (unpaired) electrons. The molecule has 0 amide bonds. The molecule has 0 bridgehead atoms. The second-order valence-electron chi connectivity index (χ2n) is 8.42. The molecule has 3 aliphatic rings. The highest BCUT2D eigenvalue weighted by Crippen LogP contribution is 2.37. The number of likely N-dealkylation sites (tertiary alicyclic amines) is 1. The maximum atomic E-state index is 12.8. The largest absolute Gasteiger partial charge is 0.391 e. The van der Waals surface area contributed by atoms with Crippen molar-refractivity contribution in [2.75, 3.05) is 18.4 Å². The maximum absolute atomic E-state index is 12.8. The van der Waals surface area contributed by atoms with E-state index in [0.717, 1.165) is 31.4 Å². The highest BCUT2D eigenvalue weighted by molar-refractivity contribution is 5.93. The maximum Gasteiger partial charge on any atom is 0.391 e. The minimum absolute atomic E-state index is 0.164. The molecule has 7 heteroatoms. The van der Waals surface area contributed by atoms with Crippen molar-refractivity contribution in [3.8, 4) is 0 Å². The molecule has 0 atom stereocenters. The Bertz CT molecular complexity index is 717. The summed E-state index contributed by atoms with van der Waals surface area (Å²) in [6, 6.07) is 6.81. The fourth-order valence-corrected chi connectivity index (χ4v) is 4.82. The van der Waals surface area contributed by atoms with Gasteiger partial charge in [0.05, 0.1) is 12.0 Å². The number of nitrogens with one attached hydrogen (secondary N) is 1. The Kier molecular flexibility index (Phi) is 5.54. The first-order chi connectivity index (χ1) is 13.4. The van der Waals surface area contributed by atoms with Gasteiger partial charge in [0.2, 0.25) is 0 Å². The summed E-state index contributed by atoms with van der Waals surface area (Å²) in [5, 5.41) is 3.28. The zero-order valence-electron chi connectivity index (χ0n) is 16.1. The van der Waals surface area contributed by atoms with Crippen molar-refractivity contribution in [1.29, 1.82) is 0 Å². The zero-order chi connectivity index (χ0) is 19.7. The number of piperidine rings is 1. The van der Waals surface area contributed by atoms with Gasteiger partial charge in [-0.05, 0) is 81.6 Å². The van der Waals surface area contributed by atoms with E-state index >= 15 is 0 Å². The average Bonchev–Trinajstić information content (AvgIpc) is 2.64. The minimum atomic E-state index is -4.05. The molecule has 4 nitrogen and oxygen atoms in total. The summed E-state index contributed by atoms with van der Waals surface area (Å²) < 4.78 is 38.4. The Morgan fingerprint density at radius 2 is 1.82 bits per heavy atom. The number of aliphatic imine (C=N–C) groups is 1. The van der Waals surface area contributed by atoms with Gasteiger partial charge in [-0.15, -0.1) is 0 Å². The van der Waals surface area contributed by atoms with Crippen LogP contribution in [0.2, 0.25) is 0 Å². The number of nitrogens with two attached hydrogens (primary N) is 1. The van der Waals surface area contributed by atoms with Crippen molar-refractivity contribution in [3.63, 3.8) is 0 Å². The number of nitrogens with zero attached hydrogens (tertiary/aromatic N) is 2. The number of guanidine groups is 1. The van der Waals surface area contributed by atoms with Crippen molar-refractivity contribution >= 4 is 11.6 Å². The van der Waals surface area contributed by atoms with Gasteiger partial charge in [0, 0.05) is 11.7 Å². The van der Waals surface area contributed by atoms with Crippen LogP contribution in [0.4, 0.5) is 18.9 Å². The van der Waals surface area contributed by atoms with E-state index in [9.17, 15) is 13.2 Å². The first-order valence-corrected chi connectivity index (χ1v) is 10.4. The van der Waals surface area contributed by atoms with Gasteiger partial charge in [0.1, 0.15) is 0 Å². The Morgan fingerprint density at radius 1 is 1.11 bits per heavy atom. The highest BCUT2D eigenvalue weighted by atomic mass is 19.4. The molecule has 2 aliphatic carbocycles. The Labute approximate surface area is 164 Å². The Hall–Kier alpha value is -1.76. The fraction of sp³-hybridized carbons (Fsp3) is 0.667. The lowest BCUT2D eigenvalue weighted by Gasteiger charge is -2.44. The van der Waals surface area contributed by atoms with Crippen LogP contribution in [-0.2, 0) is 12.8 Å². The van der Waals surface area contributed by atoms with Crippen molar-refractivity contribution in [2.24, 2.45) is 16.6 Å². The number of alkyl halides is 3. The number of halogens is 3. The number of benzene rings is 1.